The maximum atomic E-state index is 12.7. The minimum absolute atomic E-state index is 0.0996. The average Bonchev–Trinajstić information content (AvgIpc) is 2.85. The first-order chi connectivity index (χ1) is 16.9. The number of hydrogen-bond donors (Lipinski definition) is 3. The van der Waals surface area contributed by atoms with Crippen LogP contribution >= 0.6 is 0 Å². The van der Waals surface area contributed by atoms with E-state index >= 15 is 0 Å². The molecule has 3 aromatic carbocycles. The summed E-state index contributed by atoms with van der Waals surface area (Å²) in [4.78, 5) is 49.7. The second-order valence-corrected chi connectivity index (χ2v) is 7.54. The molecule has 0 radical (unpaired) electrons. The number of anilines is 2. The molecule has 9 nitrogen and oxygen atoms in total. The zero-order valence-corrected chi connectivity index (χ0v) is 18.6. The summed E-state index contributed by atoms with van der Waals surface area (Å²) in [5.41, 5.74) is 4.14. The van der Waals surface area contributed by atoms with Crippen molar-refractivity contribution in [1.82, 2.24) is 5.43 Å². The number of para-hydroxylation sites is 2. The van der Waals surface area contributed by atoms with Gasteiger partial charge in [0.05, 0.1) is 28.4 Å². The summed E-state index contributed by atoms with van der Waals surface area (Å²) in [5.74, 6) is -2.57. The maximum Gasteiger partial charge on any atom is 0.329 e. The number of carbonyl (C=O) groups excluding carboxylic acids is 3. The highest BCUT2D eigenvalue weighted by molar-refractivity contribution is 6.40. The van der Waals surface area contributed by atoms with Gasteiger partial charge < -0.3 is 15.1 Å². The molecule has 3 N–H and O–H groups in total. The fraction of sp³-hybridized carbons (Fsp3) is 0.0385. The summed E-state index contributed by atoms with van der Waals surface area (Å²) >= 11 is 0. The molecule has 4 aromatic rings. The van der Waals surface area contributed by atoms with Crippen LogP contribution in [0.1, 0.15) is 21.5 Å². The largest absolute Gasteiger partial charge is 0.463 e. The molecule has 3 amide bonds. The third-order valence-corrected chi connectivity index (χ3v) is 4.98. The van der Waals surface area contributed by atoms with E-state index in [1.165, 1.54) is 18.4 Å². The molecule has 0 aliphatic heterocycles. The van der Waals surface area contributed by atoms with Crippen LogP contribution in [0.25, 0.3) is 11.0 Å². The number of nitrogens with one attached hydrogen (secondary N) is 3. The fourth-order valence-corrected chi connectivity index (χ4v) is 3.28. The molecule has 0 fully saturated rings. The summed E-state index contributed by atoms with van der Waals surface area (Å²) < 4.78 is 5.37. The number of aryl methyl sites for hydroxylation is 1. The predicted octanol–water partition coefficient (Wildman–Crippen LogP) is 3.44. The number of carbonyl (C=O) groups is 3. The van der Waals surface area contributed by atoms with Gasteiger partial charge in [-0.3, -0.25) is 19.2 Å². The second-order valence-electron chi connectivity index (χ2n) is 7.54. The van der Waals surface area contributed by atoms with E-state index in [0.29, 0.717) is 16.7 Å². The van der Waals surface area contributed by atoms with Gasteiger partial charge in [0, 0.05) is 5.69 Å². The molecule has 174 valence electrons. The molecule has 1 heterocycles. The number of benzene rings is 3. The first-order valence-electron chi connectivity index (χ1n) is 10.5. The van der Waals surface area contributed by atoms with Crippen molar-refractivity contribution >= 4 is 46.3 Å². The van der Waals surface area contributed by atoms with Crippen molar-refractivity contribution in [2.75, 3.05) is 10.6 Å². The number of amides is 3. The quantitative estimate of drug-likeness (QED) is 0.235. The zero-order chi connectivity index (χ0) is 24.8. The first-order valence-corrected chi connectivity index (χ1v) is 10.5. The molecular formula is C26H20N4O5. The van der Waals surface area contributed by atoms with Crippen molar-refractivity contribution in [3.8, 4) is 0 Å². The van der Waals surface area contributed by atoms with E-state index in [-0.39, 0.29) is 22.2 Å². The van der Waals surface area contributed by atoms with E-state index in [1.807, 2.05) is 19.1 Å². The van der Waals surface area contributed by atoms with Gasteiger partial charge in [-0.2, -0.15) is 5.10 Å². The smallest absolute Gasteiger partial charge is 0.329 e. The summed E-state index contributed by atoms with van der Waals surface area (Å²) in [6.07, 6.45) is 2.30. The molecule has 0 aliphatic carbocycles. The number of hydrazone groups is 1. The molecule has 4 rings (SSSR count). The molecule has 1 aromatic heterocycles. The molecule has 0 unspecified atom stereocenters. The Morgan fingerprint density at radius 3 is 2.49 bits per heavy atom. The van der Waals surface area contributed by atoms with E-state index in [1.54, 1.807) is 48.5 Å². The monoisotopic (exact) mass is 468 g/mol. The number of rotatable bonds is 5. The topological polar surface area (TPSA) is 130 Å². The summed E-state index contributed by atoms with van der Waals surface area (Å²) in [7, 11) is 0. The molecule has 0 spiro atoms. The van der Waals surface area contributed by atoms with Gasteiger partial charge in [-0.15, -0.1) is 0 Å². The maximum absolute atomic E-state index is 12.7. The van der Waals surface area contributed by atoms with Crippen LogP contribution in [0.5, 0.6) is 0 Å². The summed E-state index contributed by atoms with van der Waals surface area (Å²) in [6, 6.07) is 20.2. The van der Waals surface area contributed by atoms with Gasteiger partial charge in [0.15, 0.2) is 0 Å². The van der Waals surface area contributed by atoms with Crippen molar-refractivity contribution in [3.05, 3.63) is 106 Å². The van der Waals surface area contributed by atoms with Gasteiger partial charge in [0.1, 0.15) is 11.8 Å². The van der Waals surface area contributed by atoms with Crippen LogP contribution in [0, 0.1) is 6.92 Å². The Morgan fingerprint density at radius 1 is 0.886 bits per heavy atom. The van der Waals surface area contributed by atoms with Gasteiger partial charge in [-0.25, -0.2) is 5.43 Å². The Balaban J connectivity index is 1.42. The van der Waals surface area contributed by atoms with Crippen LogP contribution in [0.4, 0.5) is 11.4 Å². The second kappa shape index (κ2) is 10.3. The van der Waals surface area contributed by atoms with Crippen LogP contribution < -0.4 is 21.5 Å². The van der Waals surface area contributed by atoms with Crippen LogP contribution in [0.15, 0.2) is 93.4 Å². The first kappa shape index (κ1) is 23.1. The van der Waals surface area contributed by atoms with Crippen LogP contribution in [0.3, 0.4) is 0 Å². The summed E-state index contributed by atoms with van der Waals surface area (Å²) in [6.45, 7) is 1.90. The molecule has 0 saturated heterocycles. The number of hydrogen-bond acceptors (Lipinski definition) is 6. The third-order valence-electron chi connectivity index (χ3n) is 4.98. The molecule has 9 heteroatoms. The standard InChI is InChI=1S/C26H20N4O5/c1-16-7-6-8-18(13-16)28-24(32)19-9-2-4-11-21(19)29-25(33)26(34)30-27-14-17-15-35-22-12-5-3-10-20(22)23(17)31/h2-15H,1H3,(H,28,32)(H,29,33)(H,30,34)/b27-14-. The predicted molar refractivity (Wildman–Crippen MR) is 132 cm³/mol. The minimum atomic E-state index is -1.08. The highest BCUT2D eigenvalue weighted by atomic mass is 16.3. The van der Waals surface area contributed by atoms with E-state index in [9.17, 15) is 19.2 Å². The molecule has 0 saturated carbocycles. The van der Waals surface area contributed by atoms with Crippen molar-refractivity contribution in [2.24, 2.45) is 5.10 Å². The highest BCUT2D eigenvalue weighted by Gasteiger charge is 2.18. The van der Waals surface area contributed by atoms with Gasteiger partial charge in [-0.1, -0.05) is 36.4 Å². The number of nitrogens with zero attached hydrogens (tertiary/aromatic N) is 1. The molecule has 0 bridgehead atoms. The normalized spacial score (nSPS) is 10.8. The Kier molecular flexibility index (Phi) is 6.78. The van der Waals surface area contributed by atoms with E-state index in [2.05, 4.69) is 21.2 Å². The third kappa shape index (κ3) is 5.48. The van der Waals surface area contributed by atoms with Crippen LogP contribution in [-0.4, -0.2) is 23.9 Å². The highest BCUT2D eigenvalue weighted by Crippen LogP contribution is 2.18. The Labute approximate surface area is 199 Å². The van der Waals surface area contributed by atoms with E-state index < -0.39 is 17.7 Å². The Bertz CT molecular complexity index is 1520. The zero-order valence-electron chi connectivity index (χ0n) is 18.6. The lowest BCUT2D eigenvalue weighted by molar-refractivity contribution is -0.136. The molecule has 35 heavy (non-hydrogen) atoms. The average molecular weight is 468 g/mol. The van der Waals surface area contributed by atoms with Crippen LogP contribution in [-0.2, 0) is 9.59 Å². The van der Waals surface area contributed by atoms with E-state index in [4.69, 9.17) is 4.42 Å². The number of fused-ring (bicyclic) bond motifs is 1. The summed E-state index contributed by atoms with van der Waals surface area (Å²) in [5, 5.41) is 9.20. The lowest BCUT2D eigenvalue weighted by Crippen LogP contribution is -2.33. The van der Waals surface area contributed by atoms with Crippen molar-refractivity contribution in [2.45, 2.75) is 6.92 Å². The lowest BCUT2D eigenvalue weighted by atomic mass is 10.1. The minimum Gasteiger partial charge on any atom is -0.463 e. The molecular weight excluding hydrogens is 448 g/mol. The van der Waals surface area contributed by atoms with Gasteiger partial charge in [-0.05, 0) is 48.9 Å². The van der Waals surface area contributed by atoms with Crippen molar-refractivity contribution in [1.29, 1.82) is 0 Å². The van der Waals surface area contributed by atoms with Gasteiger partial charge in [0.2, 0.25) is 5.43 Å². The van der Waals surface area contributed by atoms with Gasteiger partial charge in [0.25, 0.3) is 5.91 Å². The Hall–Kier alpha value is -5.05. The van der Waals surface area contributed by atoms with Gasteiger partial charge >= 0.3 is 11.8 Å². The van der Waals surface area contributed by atoms with Crippen LogP contribution in [0.2, 0.25) is 0 Å². The van der Waals surface area contributed by atoms with E-state index in [0.717, 1.165) is 11.8 Å². The Morgan fingerprint density at radius 2 is 1.66 bits per heavy atom. The fourth-order valence-electron chi connectivity index (χ4n) is 3.28. The molecule has 0 atom stereocenters. The van der Waals surface area contributed by atoms with Crippen molar-refractivity contribution < 1.29 is 18.8 Å². The lowest BCUT2D eigenvalue weighted by Gasteiger charge is -2.11. The van der Waals surface area contributed by atoms with Crippen molar-refractivity contribution in [3.63, 3.8) is 0 Å². The SMILES string of the molecule is Cc1cccc(NC(=O)c2ccccc2NC(=O)C(=O)N/N=C\c2coc3ccccc3c2=O)c1. The molecule has 0 aliphatic rings.